The number of carboxylic acid groups (broad SMARTS) is 1. The molecule has 1 amide bonds. The minimum atomic E-state index is -1.03. The summed E-state index contributed by atoms with van der Waals surface area (Å²) in [5.41, 5.74) is 1.83. The number of hydrogen-bond donors (Lipinski definition) is 1. The van der Waals surface area contributed by atoms with Crippen LogP contribution in [0.2, 0.25) is 0 Å². The Labute approximate surface area is 124 Å². The third-order valence-electron chi connectivity index (χ3n) is 3.00. The number of carboxylic acids is 1. The fourth-order valence-corrected chi connectivity index (χ4v) is 1.90. The molecule has 114 valence electrons. The van der Waals surface area contributed by atoms with Gasteiger partial charge in [-0.1, -0.05) is 11.6 Å². The van der Waals surface area contributed by atoms with E-state index in [9.17, 15) is 9.59 Å². The third kappa shape index (κ3) is 4.95. The number of benzene rings is 1. The van der Waals surface area contributed by atoms with E-state index in [1.54, 1.807) is 27.0 Å². The Bertz CT molecular complexity index is 549. The number of ether oxygens (including phenoxy) is 1. The highest BCUT2D eigenvalue weighted by atomic mass is 16.5. The molecule has 0 saturated heterocycles. The molecule has 1 aromatic rings. The van der Waals surface area contributed by atoms with Gasteiger partial charge in [-0.05, 0) is 39.0 Å². The van der Waals surface area contributed by atoms with Gasteiger partial charge in [0.25, 0.3) is 0 Å². The molecular weight excluding hydrogens is 270 g/mol. The maximum absolute atomic E-state index is 12.1. The topological polar surface area (TPSA) is 66.8 Å². The predicted octanol–water partition coefficient (Wildman–Crippen LogP) is 2.34. The highest BCUT2D eigenvalue weighted by Gasteiger charge is 2.17. The quantitative estimate of drug-likeness (QED) is 0.817. The second kappa shape index (κ2) is 7.47. The molecule has 0 aliphatic heterocycles. The molecule has 0 atom stereocenters. The van der Waals surface area contributed by atoms with Crippen LogP contribution in [0.4, 0.5) is 0 Å². The number of aryl methyl sites for hydroxylation is 1. The fourth-order valence-electron chi connectivity index (χ4n) is 1.90. The molecule has 5 nitrogen and oxygen atoms in total. The van der Waals surface area contributed by atoms with Crippen LogP contribution < -0.4 is 4.74 Å². The van der Waals surface area contributed by atoms with E-state index in [1.165, 1.54) is 11.0 Å². The van der Waals surface area contributed by atoms with Crippen molar-refractivity contribution in [1.82, 2.24) is 4.90 Å². The number of amides is 1. The first-order chi connectivity index (χ1) is 9.85. The maximum Gasteiger partial charge on any atom is 0.323 e. The highest BCUT2D eigenvalue weighted by Crippen LogP contribution is 2.21. The number of rotatable bonds is 6. The largest absolute Gasteiger partial charge is 0.496 e. The Balaban J connectivity index is 2.95. The molecule has 0 aliphatic carbocycles. The summed E-state index contributed by atoms with van der Waals surface area (Å²) >= 11 is 0. The second-order valence-electron chi connectivity index (χ2n) is 5.03. The summed E-state index contributed by atoms with van der Waals surface area (Å²) in [6, 6.07) is 5.47. The lowest BCUT2D eigenvalue weighted by atomic mass is 10.1. The van der Waals surface area contributed by atoms with E-state index in [0.717, 1.165) is 11.1 Å². The highest BCUT2D eigenvalue weighted by molar-refractivity contribution is 5.94. The monoisotopic (exact) mass is 291 g/mol. The molecule has 1 rings (SSSR count). The average Bonchev–Trinajstić information content (AvgIpc) is 2.41. The zero-order valence-corrected chi connectivity index (χ0v) is 12.8. The van der Waals surface area contributed by atoms with Crippen LogP contribution in [-0.2, 0) is 9.59 Å². The van der Waals surface area contributed by atoms with Crippen LogP contribution in [0.25, 0.3) is 6.08 Å². The van der Waals surface area contributed by atoms with Crippen LogP contribution in [0.3, 0.4) is 0 Å². The van der Waals surface area contributed by atoms with E-state index >= 15 is 0 Å². The molecule has 0 unspecified atom stereocenters. The van der Waals surface area contributed by atoms with Crippen LogP contribution in [0, 0.1) is 6.92 Å². The molecule has 1 N–H and O–H groups in total. The van der Waals surface area contributed by atoms with Crippen molar-refractivity contribution in [2.45, 2.75) is 26.8 Å². The molecule has 0 heterocycles. The molecule has 5 heteroatoms. The van der Waals surface area contributed by atoms with Gasteiger partial charge in [0.05, 0.1) is 7.11 Å². The number of carbonyl (C=O) groups is 2. The van der Waals surface area contributed by atoms with Crippen LogP contribution in [-0.4, -0.2) is 41.6 Å². The summed E-state index contributed by atoms with van der Waals surface area (Å²) in [6.07, 6.45) is 3.02. The molecule has 0 bridgehead atoms. The van der Waals surface area contributed by atoms with Crippen molar-refractivity contribution in [1.29, 1.82) is 0 Å². The summed E-state index contributed by atoms with van der Waals surface area (Å²) < 4.78 is 5.23. The van der Waals surface area contributed by atoms with Gasteiger partial charge in [0.15, 0.2) is 0 Å². The van der Waals surface area contributed by atoms with Gasteiger partial charge in [-0.25, -0.2) is 0 Å². The molecule has 0 aliphatic rings. The standard InChI is InChI=1S/C16H21NO4/c1-11(2)17(10-16(19)20)15(18)8-6-13-9-12(3)5-7-14(13)21-4/h5-9,11H,10H2,1-4H3,(H,19,20)/b8-6+. The lowest BCUT2D eigenvalue weighted by molar-refractivity contribution is -0.143. The van der Waals surface area contributed by atoms with E-state index in [4.69, 9.17) is 9.84 Å². The summed E-state index contributed by atoms with van der Waals surface area (Å²) in [6.45, 7) is 5.19. The number of methoxy groups -OCH3 is 1. The molecule has 0 aromatic heterocycles. The number of hydrogen-bond acceptors (Lipinski definition) is 3. The fraction of sp³-hybridized carbons (Fsp3) is 0.375. The van der Waals surface area contributed by atoms with Gasteiger partial charge in [0.1, 0.15) is 12.3 Å². The van der Waals surface area contributed by atoms with Gasteiger partial charge in [-0.2, -0.15) is 0 Å². The Morgan fingerprint density at radius 1 is 1.38 bits per heavy atom. The van der Waals surface area contributed by atoms with Gasteiger partial charge in [0, 0.05) is 17.7 Å². The van der Waals surface area contributed by atoms with E-state index in [0.29, 0.717) is 5.75 Å². The zero-order valence-electron chi connectivity index (χ0n) is 12.8. The number of nitrogens with zero attached hydrogens (tertiary/aromatic N) is 1. The molecular formula is C16H21NO4. The minimum Gasteiger partial charge on any atom is -0.496 e. The van der Waals surface area contributed by atoms with Gasteiger partial charge in [-0.3, -0.25) is 9.59 Å². The van der Waals surface area contributed by atoms with Gasteiger partial charge < -0.3 is 14.7 Å². The first-order valence-corrected chi connectivity index (χ1v) is 6.70. The smallest absolute Gasteiger partial charge is 0.323 e. The zero-order chi connectivity index (χ0) is 16.0. The van der Waals surface area contributed by atoms with Crippen molar-refractivity contribution < 1.29 is 19.4 Å². The number of aliphatic carboxylic acids is 1. The van der Waals surface area contributed by atoms with Crippen LogP contribution in [0.5, 0.6) is 5.75 Å². The Hall–Kier alpha value is -2.30. The Morgan fingerprint density at radius 3 is 2.57 bits per heavy atom. The van der Waals surface area contributed by atoms with Gasteiger partial charge in [-0.15, -0.1) is 0 Å². The number of carbonyl (C=O) groups excluding carboxylic acids is 1. The second-order valence-corrected chi connectivity index (χ2v) is 5.03. The van der Waals surface area contributed by atoms with Crippen molar-refractivity contribution in [3.8, 4) is 5.75 Å². The van der Waals surface area contributed by atoms with Crippen molar-refractivity contribution >= 4 is 18.0 Å². The molecule has 0 saturated carbocycles. The van der Waals surface area contributed by atoms with Crippen LogP contribution >= 0.6 is 0 Å². The predicted molar refractivity (Wildman–Crippen MR) is 81.2 cm³/mol. The van der Waals surface area contributed by atoms with E-state index in [2.05, 4.69) is 0 Å². The van der Waals surface area contributed by atoms with E-state index in [1.807, 2.05) is 25.1 Å². The normalized spacial score (nSPS) is 10.9. The summed E-state index contributed by atoms with van der Waals surface area (Å²) in [7, 11) is 1.56. The first kappa shape index (κ1) is 16.8. The van der Waals surface area contributed by atoms with Crippen molar-refractivity contribution in [3.63, 3.8) is 0 Å². The minimum absolute atomic E-state index is 0.183. The van der Waals surface area contributed by atoms with E-state index in [-0.39, 0.29) is 18.5 Å². The van der Waals surface area contributed by atoms with E-state index < -0.39 is 5.97 Å². The van der Waals surface area contributed by atoms with Crippen LogP contribution in [0.1, 0.15) is 25.0 Å². The van der Waals surface area contributed by atoms with Gasteiger partial charge in [0.2, 0.25) is 5.91 Å². The average molecular weight is 291 g/mol. The molecule has 0 fully saturated rings. The Kier molecular flexibility index (Phi) is 5.96. The van der Waals surface area contributed by atoms with Crippen LogP contribution in [0.15, 0.2) is 24.3 Å². The van der Waals surface area contributed by atoms with Crippen molar-refractivity contribution in [3.05, 3.63) is 35.4 Å². The van der Waals surface area contributed by atoms with Gasteiger partial charge >= 0.3 is 5.97 Å². The summed E-state index contributed by atoms with van der Waals surface area (Å²) in [5.74, 6) is -0.700. The lowest BCUT2D eigenvalue weighted by Gasteiger charge is -2.23. The van der Waals surface area contributed by atoms with Crippen molar-refractivity contribution in [2.75, 3.05) is 13.7 Å². The lowest BCUT2D eigenvalue weighted by Crippen LogP contribution is -2.39. The molecule has 1 aromatic carbocycles. The summed E-state index contributed by atoms with van der Waals surface area (Å²) in [5, 5.41) is 8.85. The van der Waals surface area contributed by atoms with Crippen molar-refractivity contribution in [2.24, 2.45) is 0 Å². The SMILES string of the molecule is COc1ccc(C)cc1/C=C/C(=O)N(CC(=O)O)C(C)C. The maximum atomic E-state index is 12.1. The first-order valence-electron chi connectivity index (χ1n) is 6.70. The molecule has 0 spiro atoms. The Morgan fingerprint density at radius 2 is 2.05 bits per heavy atom. The molecule has 0 radical (unpaired) electrons. The summed E-state index contributed by atoms with van der Waals surface area (Å²) in [4.78, 5) is 24.2. The third-order valence-corrected chi connectivity index (χ3v) is 3.00. The molecule has 21 heavy (non-hydrogen) atoms.